The van der Waals surface area contributed by atoms with Crippen molar-refractivity contribution in [1.29, 1.82) is 0 Å². The molecule has 0 saturated carbocycles. The number of aryl methyl sites for hydroxylation is 3. The predicted octanol–water partition coefficient (Wildman–Crippen LogP) is 10.0. The molecule has 0 spiro atoms. The number of para-hydroxylation sites is 2. The maximum atomic E-state index is 4.54. The van der Waals surface area contributed by atoms with E-state index in [0.717, 1.165) is 96.4 Å². The number of hydrazone groups is 2. The number of rotatable bonds is 29. The van der Waals surface area contributed by atoms with Crippen molar-refractivity contribution < 1.29 is 47.7 Å². The summed E-state index contributed by atoms with van der Waals surface area (Å²) >= 11 is 3.47. The number of aromatic nitrogens is 4. The second-order valence-electron chi connectivity index (χ2n) is 19.7. The van der Waals surface area contributed by atoms with Gasteiger partial charge in [-0.25, -0.2) is 13.7 Å². The highest BCUT2D eigenvalue weighted by molar-refractivity contribution is 9.09. The number of azo groups is 2. The van der Waals surface area contributed by atoms with Crippen LogP contribution in [0.15, 0.2) is 238 Å². The third-order valence-electron chi connectivity index (χ3n) is 13.8. The average Bonchev–Trinajstić information content (AvgIpc) is 3.59. The van der Waals surface area contributed by atoms with Crippen molar-refractivity contribution in [2.24, 2.45) is 30.7 Å². The number of halogens is 3. The summed E-state index contributed by atoms with van der Waals surface area (Å²) < 4.78 is 6.72. The maximum absolute atomic E-state index is 4.54. The molecular weight excluding hydrogens is 1250 g/mol. The van der Waals surface area contributed by atoms with Gasteiger partial charge in [0.1, 0.15) is 19.6 Å². The van der Waals surface area contributed by atoms with Gasteiger partial charge in [-0.2, -0.15) is 30.7 Å². The highest BCUT2D eigenvalue weighted by Gasteiger charge is 2.07. The standard InChI is InChI=1S/C34H43N7.C19H25BrN3.C15H18N4.2BrH/c1-4-41(5-2)34-17-15-31(16-18-34)36-37-32-21-27-40(28-22-32)24-12-7-6-11-23-39-25-19-30(20-26-39)29-35-38(3)33-13-9-8-10-14-33;1-22(19-9-5-4-6-10-19)21-17-18-11-15-23(16-12-18)14-8-3-2-7-13-20;1-3-19(4-2)15-7-5-13(6-8-15)17-18-14-9-11-16-12-10-14;;/h8-10,13-22,25-29H,4-7,11-12,23-24H2,1-3H3;4-6,9-12,15-17H,2-3,7-8,13-14H2,1H3;5-12H,3-4H2,1-2H3;2*1H/q+2;+1;;;/p-2. The molecule has 17 heteroatoms. The minimum Gasteiger partial charge on any atom is -1.00 e. The Morgan fingerprint density at radius 3 is 1.04 bits per heavy atom. The van der Waals surface area contributed by atoms with E-state index < -0.39 is 0 Å². The fourth-order valence-corrected chi connectivity index (χ4v) is 9.16. The van der Waals surface area contributed by atoms with Crippen LogP contribution in [0.4, 0.5) is 45.5 Å². The van der Waals surface area contributed by atoms with Crippen LogP contribution in [0.25, 0.3) is 0 Å². The lowest BCUT2D eigenvalue weighted by Crippen LogP contribution is -3.00. The summed E-state index contributed by atoms with van der Waals surface area (Å²) in [5.41, 5.74) is 10.2. The van der Waals surface area contributed by atoms with E-state index in [-0.39, 0.29) is 34.0 Å². The van der Waals surface area contributed by atoms with Gasteiger partial charge in [-0.15, -0.1) is 0 Å². The highest BCUT2D eigenvalue weighted by atomic mass is 79.9. The molecule has 4 aromatic carbocycles. The second-order valence-corrected chi connectivity index (χ2v) is 20.5. The Hall–Kier alpha value is -7.34. The first kappa shape index (κ1) is 70.1. The summed E-state index contributed by atoms with van der Waals surface area (Å²) in [6.45, 7) is 15.8. The third-order valence-corrected chi connectivity index (χ3v) is 14.4. The molecule has 4 aromatic heterocycles. The van der Waals surface area contributed by atoms with E-state index in [9.17, 15) is 0 Å². The number of anilines is 4. The van der Waals surface area contributed by atoms with E-state index in [0.29, 0.717) is 0 Å². The number of nitrogens with zero attached hydrogens (tertiary/aromatic N) is 14. The summed E-state index contributed by atoms with van der Waals surface area (Å²) in [7, 11) is 3.92. The molecule has 8 aromatic rings. The maximum Gasteiger partial charge on any atom is 0.171 e. The molecule has 4 heterocycles. The van der Waals surface area contributed by atoms with Gasteiger partial charge < -0.3 is 43.8 Å². The zero-order valence-electron chi connectivity index (χ0n) is 50.5. The van der Waals surface area contributed by atoms with E-state index in [2.05, 4.69) is 188 Å². The van der Waals surface area contributed by atoms with Gasteiger partial charge in [0.15, 0.2) is 37.2 Å². The summed E-state index contributed by atoms with van der Waals surface area (Å²) in [6.07, 6.45) is 29.8. The molecule has 0 radical (unpaired) electrons. The first-order valence-electron chi connectivity index (χ1n) is 29.4. The van der Waals surface area contributed by atoms with Gasteiger partial charge in [0.2, 0.25) is 0 Å². The Kier molecular flexibility index (Phi) is 34.4. The average molecular weight is 1340 g/mol. The molecule has 448 valence electrons. The lowest BCUT2D eigenvalue weighted by atomic mass is 10.2. The quantitative estimate of drug-likeness (QED) is 0.0116. The monoisotopic (exact) mass is 1340 g/mol. The van der Waals surface area contributed by atoms with E-state index in [1.165, 1.54) is 62.7 Å². The smallest absolute Gasteiger partial charge is 0.171 e. The van der Waals surface area contributed by atoms with Crippen LogP contribution >= 0.6 is 15.9 Å². The van der Waals surface area contributed by atoms with E-state index in [1.54, 1.807) is 12.4 Å². The Morgan fingerprint density at radius 1 is 0.376 bits per heavy atom. The van der Waals surface area contributed by atoms with Crippen molar-refractivity contribution in [3.05, 3.63) is 218 Å². The highest BCUT2D eigenvalue weighted by Crippen LogP contribution is 2.24. The summed E-state index contributed by atoms with van der Waals surface area (Å²) in [4.78, 5) is 8.56. The van der Waals surface area contributed by atoms with Crippen molar-refractivity contribution in [2.45, 2.75) is 98.7 Å². The van der Waals surface area contributed by atoms with Crippen molar-refractivity contribution in [3.63, 3.8) is 0 Å². The van der Waals surface area contributed by atoms with Crippen molar-refractivity contribution >= 4 is 73.9 Å². The molecule has 0 atom stereocenters. The molecule has 0 unspecified atom stereocenters. The van der Waals surface area contributed by atoms with Gasteiger partial charge in [0.25, 0.3) is 0 Å². The van der Waals surface area contributed by atoms with Crippen LogP contribution in [-0.2, 0) is 19.6 Å². The Bertz CT molecular complexity index is 3090. The third kappa shape index (κ3) is 26.6. The van der Waals surface area contributed by atoms with Gasteiger partial charge in [-0.05, 0) is 138 Å². The largest absolute Gasteiger partial charge is 1.00 e. The van der Waals surface area contributed by atoms with Gasteiger partial charge in [-0.3, -0.25) is 15.0 Å². The van der Waals surface area contributed by atoms with Crippen LogP contribution in [0.5, 0.6) is 0 Å². The molecular formula is C68H86Br3N14+. The van der Waals surface area contributed by atoms with Crippen molar-refractivity contribution in [1.82, 2.24) is 4.98 Å². The van der Waals surface area contributed by atoms with Gasteiger partial charge in [0, 0.05) is 136 Å². The molecule has 0 aliphatic heterocycles. The molecule has 0 amide bonds. The number of unbranched alkanes of at least 4 members (excludes halogenated alkanes) is 6. The fraction of sp³-hybridized carbons (Fsp3) is 0.324. The first-order chi connectivity index (χ1) is 40.8. The zero-order chi connectivity index (χ0) is 58.5. The van der Waals surface area contributed by atoms with Crippen LogP contribution in [0.2, 0.25) is 0 Å². The zero-order valence-corrected chi connectivity index (χ0v) is 55.3. The molecule has 0 aliphatic rings. The lowest BCUT2D eigenvalue weighted by Gasteiger charge is -2.20. The Balaban J connectivity index is 0.000000297. The molecule has 0 aliphatic carbocycles. The molecule has 0 saturated heterocycles. The van der Waals surface area contributed by atoms with Gasteiger partial charge >= 0.3 is 0 Å². The molecule has 0 bridgehead atoms. The van der Waals surface area contributed by atoms with Crippen LogP contribution < -0.4 is 67.5 Å². The number of hydrogen-bond acceptors (Lipinski definition) is 11. The fourth-order valence-electron chi connectivity index (χ4n) is 8.76. The van der Waals surface area contributed by atoms with Gasteiger partial charge in [0.05, 0.1) is 46.6 Å². The summed E-state index contributed by atoms with van der Waals surface area (Å²) in [6, 6.07) is 52.8. The van der Waals surface area contributed by atoms with Crippen LogP contribution in [0.3, 0.4) is 0 Å². The number of hydrogen-bond donors (Lipinski definition) is 0. The van der Waals surface area contributed by atoms with Crippen LogP contribution in [-0.4, -0.2) is 63.0 Å². The Labute approximate surface area is 536 Å². The Morgan fingerprint density at radius 2 is 0.694 bits per heavy atom. The van der Waals surface area contributed by atoms with E-state index in [1.807, 2.05) is 146 Å². The summed E-state index contributed by atoms with van der Waals surface area (Å²) in [5.74, 6) is 0. The molecule has 8 rings (SSSR count). The summed E-state index contributed by atoms with van der Waals surface area (Å²) in [5, 5.41) is 31.1. The first-order valence-corrected chi connectivity index (χ1v) is 30.5. The predicted molar refractivity (Wildman–Crippen MR) is 348 cm³/mol. The van der Waals surface area contributed by atoms with Crippen molar-refractivity contribution in [3.8, 4) is 0 Å². The molecule has 0 fully saturated rings. The number of pyridine rings is 4. The lowest BCUT2D eigenvalue weighted by molar-refractivity contribution is -0.698. The number of benzene rings is 4. The SMILES string of the molecule is CCN(CC)c1ccc(N=Nc2cc[n+](CCCCCC[n+]3ccc(/C=N\N(C)c4ccccc4)cc3)cc2)cc1.CCN(CC)c1ccc(N=Nc2ccncc2)cc1.CN(/N=C/c1cc[n+](CCCCCCBr)cc1)c1ccccc1.[Br-].[Br-]. The molecule has 14 nitrogen and oxygen atoms in total. The van der Waals surface area contributed by atoms with Crippen LogP contribution in [0.1, 0.15) is 90.2 Å². The van der Waals surface area contributed by atoms with Gasteiger partial charge in [-0.1, -0.05) is 58.7 Å². The van der Waals surface area contributed by atoms with Crippen LogP contribution in [0, 0.1) is 0 Å². The van der Waals surface area contributed by atoms with E-state index >= 15 is 0 Å². The topological polar surface area (TPSA) is 112 Å². The van der Waals surface area contributed by atoms with E-state index in [4.69, 9.17) is 0 Å². The normalized spacial score (nSPS) is 10.9. The van der Waals surface area contributed by atoms with Crippen molar-refractivity contribution in [2.75, 3.05) is 65.4 Å². The molecule has 85 heavy (non-hydrogen) atoms. The second kappa shape index (κ2) is 41.6. The molecule has 0 N–H and O–H groups in total. The number of alkyl halides is 1. The minimum atomic E-state index is 0. The minimum absolute atomic E-state index is 0.